The number of hydrogen-bond acceptors (Lipinski definition) is 5. The van der Waals surface area contributed by atoms with Crippen molar-refractivity contribution in [3.05, 3.63) is 42.4 Å². The maximum Gasteiger partial charge on any atom is 0.248 e. The average molecular weight is 268 g/mol. The summed E-state index contributed by atoms with van der Waals surface area (Å²) in [4.78, 5) is 4.33. The average Bonchev–Trinajstić information content (AvgIpc) is 2.96. The molecular formula is C15H16N4O. The van der Waals surface area contributed by atoms with Gasteiger partial charge in [-0.05, 0) is 18.7 Å². The van der Waals surface area contributed by atoms with Crippen LogP contribution >= 0.6 is 0 Å². The molecule has 0 bridgehead atoms. The van der Waals surface area contributed by atoms with E-state index in [0.29, 0.717) is 11.8 Å². The van der Waals surface area contributed by atoms with Crippen LogP contribution in [0.5, 0.6) is 0 Å². The minimum atomic E-state index is 0.551. The van der Waals surface area contributed by atoms with E-state index in [1.807, 2.05) is 30.3 Å². The number of aromatic nitrogens is 3. The van der Waals surface area contributed by atoms with Crippen molar-refractivity contribution in [3.63, 3.8) is 0 Å². The molecule has 0 spiro atoms. The van der Waals surface area contributed by atoms with Crippen molar-refractivity contribution in [2.24, 2.45) is 0 Å². The first-order valence-corrected chi connectivity index (χ1v) is 6.75. The molecule has 3 aromatic rings. The van der Waals surface area contributed by atoms with Gasteiger partial charge in [-0.1, -0.05) is 25.1 Å². The van der Waals surface area contributed by atoms with Gasteiger partial charge in [-0.3, -0.25) is 4.98 Å². The summed E-state index contributed by atoms with van der Waals surface area (Å²) in [5.41, 5.74) is 1.86. The predicted octanol–water partition coefficient (Wildman–Crippen LogP) is 2.44. The van der Waals surface area contributed by atoms with Crippen LogP contribution in [0.2, 0.25) is 0 Å². The normalized spacial score (nSPS) is 11.1. The maximum atomic E-state index is 5.73. The van der Waals surface area contributed by atoms with Crippen LogP contribution in [0.4, 0.5) is 0 Å². The highest BCUT2D eigenvalue weighted by atomic mass is 16.4. The molecule has 5 heteroatoms. The van der Waals surface area contributed by atoms with Gasteiger partial charge in [0.1, 0.15) is 0 Å². The Kier molecular flexibility index (Phi) is 3.69. The number of pyridine rings is 1. The molecule has 0 saturated carbocycles. The molecule has 5 nitrogen and oxygen atoms in total. The first-order valence-electron chi connectivity index (χ1n) is 6.75. The number of benzene rings is 1. The maximum absolute atomic E-state index is 5.73. The molecule has 1 aromatic carbocycles. The zero-order valence-electron chi connectivity index (χ0n) is 11.3. The second kappa shape index (κ2) is 5.79. The first-order chi connectivity index (χ1) is 9.88. The summed E-state index contributed by atoms with van der Waals surface area (Å²) in [5.74, 6) is 1.21. The Balaban J connectivity index is 1.91. The smallest absolute Gasteiger partial charge is 0.248 e. The molecule has 0 radical (unpaired) electrons. The number of rotatable bonds is 5. The zero-order valence-corrected chi connectivity index (χ0v) is 11.3. The fourth-order valence-electron chi connectivity index (χ4n) is 2.12. The summed E-state index contributed by atoms with van der Waals surface area (Å²) in [6.07, 6.45) is 2.50. The van der Waals surface area contributed by atoms with Gasteiger partial charge in [-0.15, -0.1) is 10.2 Å². The number of para-hydroxylation sites is 1. The molecule has 0 aliphatic heterocycles. The third kappa shape index (κ3) is 2.53. The fraction of sp³-hybridized carbons (Fsp3) is 0.267. The van der Waals surface area contributed by atoms with Crippen LogP contribution in [-0.2, 0) is 6.42 Å². The summed E-state index contributed by atoms with van der Waals surface area (Å²) in [7, 11) is 0. The lowest BCUT2D eigenvalue weighted by Crippen LogP contribution is -2.16. The molecule has 3 rings (SSSR count). The van der Waals surface area contributed by atoms with Gasteiger partial charge in [-0.2, -0.15) is 0 Å². The van der Waals surface area contributed by atoms with Crippen molar-refractivity contribution >= 4 is 10.9 Å². The van der Waals surface area contributed by atoms with E-state index in [1.54, 1.807) is 6.20 Å². The lowest BCUT2D eigenvalue weighted by Gasteiger charge is -2.01. The summed E-state index contributed by atoms with van der Waals surface area (Å²) in [6, 6.07) is 9.84. The SMILES string of the molecule is CCNCCc1nnc(-c2ccnc3ccccc23)o1. The third-order valence-corrected chi connectivity index (χ3v) is 3.11. The molecule has 1 N–H and O–H groups in total. The quantitative estimate of drug-likeness (QED) is 0.720. The Hall–Kier alpha value is -2.27. The van der Waals surface area contributed by atoms with Crippen LogP contribution in [0, 0.1) is 0 Å². The lowest BCUT2D eigenvalue weighted by molar-refractivity contribution is 0.497. The van der Waals surface area contributed by atoms with E-state index in [2.05, 4.69) is 27.4 Å². The molecular weight excluding hydrogens is 252 g/mol. The Labute approximate surface area is 117 Å². The van der Waals surface area contributed by atoms with Gasteiger partial charge in [0.25, 0.3) is 0 Å². The zero-order chi connectivity index (χ0) is 13.8. The lowest BCUT2D eigenvalue weighted by atomic mass is 10.1. The Bertz CT molecular complexity index is 702. The number of nitrogens with zero attached hydrogens (tertiary/aromatic N) is 3. The van der Waals surface area contributed by atoms with Crippen molar-refractivity contribution < 1.29 is 4.42 Å². The Morgan fingerprint density at radius 2 is 2.05 bits per heavy atom. The Morgan fingerprint density at radius 1 is 1.15 bits per heavy atom. The van der Waals surface area contributed by atoms with Crippen LogP contribution in [0.25, 0.3) is 22.4 Å². The van der Waals surface area contributed by atoms with Crippen LogP contribution < -0.4 is 5.32 Å². The van der Waals surface area contributed by atoms with Gasteiger partial charge in [0.2, 0.25) is 11.8 Å². The molecule has 0 amide bonds. The highest BCUT2D eigenvalue weighted by molar-refractivity contribution is 5.91. The van der Waals surface area contributed by atoms with Crippen molar-refractivity contribution in [1.29, 1.82) is 0 Å². The van der Waals surface area contributed by atoms with E-state index in [9.17, 15) is 0 Å². The monoisotopic (exact) mass is 268 g/mol. The fourth-order valence-corrected chi connectivity index (χ4v) is 2.12. The van der Waals surface area contributed by atoms with Crippen LogP contribution in [-0.4, -0.2) is 28.3 Å². The molecule has 102 valence electrons. The molecule has 0 atom stereocenters. The number of fused-ring (bicyclic) bond motifs is 1. The van der Waals surface area contributed by atoms with E-state index in [-0.39, 0.29) is 0 Å². The van der Waals surface area contributed by atoms with Crippen molar-refractivity contribution in [3.8, 4) is 11.5 Å². The standard InChI is InChI=1S/C15H16N4O/c1-2-16-9-8-14-18-19-15(20-14)12-7-10-17-13-6-4-3-5-11(12)13/h3-7,10,16H,2,8-9H2,1H3. The predicted molar refractivity (Wildman–Crippen MR) is 77.3 cm³/mol. The summed E-state index contributed by atoms with van der Waals surface area (Å²) >= 11 is 0. The molecule has 0 aliphatic rings. The highest BCUT2D eigenvalue weighted by Gasteiger charge is 2.11. The van der Waals surface area contributed by atoms with Crippen molar-refractivity contribution in [2.75, 3.05) is 13.1 Å². The van der Waals surface area contributed by atoms with Crippen LogP contribution in [0.3, 0.4) is 0 Å². The van der Waals surface area contributed by atoms with Gasteiger partial charge >= 0.3 is 0 Å². The third-order valence-electron chi connectivity index (χ3n) is 3.11. The molecule has 0 aliphatic carbocycles. The molecule has 2 aromatic heterocycles. The minimum absolute atomic E-state index is 0.551. The van der Waals surface area contributed by atoms with Gasteiger partial charge in [-0.25, -0.2) is 0 Å². The topological polar surface area (TPSA) is 63.8 Å². The number of hydrogen-bond donors (Lipinski definition) is 1. The second-order valence-electron chi connectivity index (χ2n) is 4.48. The molecule has 20 heavy (non-hydrogen) atoms. The Morgan fingerprint density at radius 3 is 2.95 bits per heavy atom. The van der Waals surface area contributed by atoms with Gasteiger partial charge in [0.15, 0.2) is 0 Å². The van der Waals surface area contributed by atoms with E-state index in [4.69, 9.17) is 4.42 Å². The van der Waals surface area contributed by atoms with Crippen LogP contribution in [0.15, 0.2) is 40.9 Å². The first kappa shape index (κ1) is 12.7. The summed E-state index contributed by atoms with van der Waals surface area (Å²) in [6.45, 7) is 3.85. The molecule has 0 fully saturated rings. The summed E-state index contributed by atoms with van der Waals surface area (Å²) in [5, 5.41) is 12.5. The van der Waals surface area contributed by atoms with E-state index >= 15 is 0 Å². The number of nitrogens with one attached hydrogen (secondary N) is 1. The van der Waals surface area contributed by atoms with Gasteiger partial charge < -0.3 is 9.73 Å². The van der Waals surface area contributed by atoms with E-state index < -0.39 is 0 Å². The van der Waals surface area contributed by atoms with Crippen molar-refractivity contribution in [2.45, 2.75) is 13.3 Å². The molecule has 0 saturated heterocycles. The largest absolute Gasteiger partial charge is 0.421 e. The molecule has 0 unspecified atom stereocenters. The van der Waals surface area contributed by atoms with E-state index in [1.165, 1.54) is 0 Å². The van der Waals surface area contributed by atoms with Gasteiger partial charge in [0, 0.05) is 30.1 Å². The summed E-state index contributed by atoms with van der Waals surface area (Å²) < 4.78 is 5.73. The van der Waals surface area contributed by atoms with Gasteiger partial charge in [0.05, 0.1) is 5.52 Å². The van der Waals surface area contributed by atoms with Crippen molar-refractivity contribution in [1.82, 2.24) is 20.5 Å². The minimum Gasteiger partial charge on any atom is -0.421 e. The second-order valence-corrected chi connectivity index (χ2v) is 4.48. The number of likely N-dealkylation sites (N-methyl/N-ethyl adjacent to an activating group) is 1. The highest BCUT2D eigenvalue weighted by Crippen LogP contribution is 2.26. The molecule has 2 heterocycles. The van der Waals surface area contributed by atoms with E-state index in [0.717, 1.165) is 36.0 Å². The van der Waals surface area contributed by atoms with Crippen LogP contribution in [0.1, 0.15) is 12.8 Å².